The molecule has 0 radical (unpaired) electrons. The zero-order chi connectivity index (χ0) is 21.8. The Morgan fingerprint density at radius 3 is 2.33 bits per heavy atom. The maximum Gasteiger partial charge on any atom is 0.373 e. The lowest BCUT2D eigenvalue weighted by Gasteiger charge is -2.12. The third kappa shape index (κ3) is 3.93. The number of nitrogens with one attached hydrogen (secondary N) is 1. The molecule has 1 aromatic carbocycles. The summed E-state index contributed by atoms with van der Waals surface area (Å²) in [6, 6.07) is 5.52. The lowest BCUT2D eigenvalue weighted by Crippen LogP contribution is -2.30. The lowest BCUT2D eigenvalue weighted by atomic mass is 10.1. The summed E-state index contributed by atoms with van der Waals surface area (Å²) in [6.45, 7) is -0.151. The average Bonchev–Trinajstić information content (AvgIpc) is 3.33. The second kappa shape index (κ2) is 8.60. The smallest absolute Gasteiger partial charge is 0.373 e. The highest BCUT2D eigenvalue weighted by atomic mass is 16.5. The van der Waals surface area contributed by atoms with Gasteiger partial charge in [0.1, 0.15) is 17.2 Å². The van der Waals surface area contributed by atoms with Crippen LogP contribution in [0.2, 0.25) is 0 Å². The molecule has 3 amide bonds. The molecule has 0 saturated carbocycles. The summed E-state index contributed by atoms with van der Waals surface area (Å²) < 4.78 is 25.7. The molecule has 2 heterocycles. The van der Waals surface area contributed by atoms with Gasteiger partial charge in [-0.2, -0.15) is 0 Å². The molecular formula is C20H20N2O8. The normalized spacial score (nSPS) is 14.7. The van der Waals surface area contributed by atoms with Gasteiger partial charge in [0, 0.05) is 11.6 Å². The number of furan rings is 1. The van der Waals surface area contributed by atoms with Crippen LogP contribution in [-0.4, -0.2) is 51.2 Å². The van der Waals surface area contributed by atoms with Gasteiger partial charge in [0.2, 0.25) is 5.76 Å². The molecule has 1 N–H and O–H groups in total. The highest BCUT2D eigenvalue weighted by Gasteiger charge is 2.34. The Kier molecular flexibility index (Phi) is 5.95. The zero-order valence-corrected chi connectivity index (χ0v) is 16.8. The number of imide groups is 1. The molecule has 0 aliphatic carbocycles. The van der Waals surface area contributed by atoms with Crippen molar-refractivity contribution in [3.8, 4) is 17.2 Å². The van der Waals surface area contributed by atoms with Gasteiger partial charge in [0.05, 0.1) is 35.0 Å². The third-order valence-corrected chi connectivity index (χ3v) is 4.36. The highest BCUT2D eigenvalue weighted by molar-refractivity contribution is 6.14. The number of methoxy groups -OCH3 is 4. The maximum absolute atomic E-state index is 12.7. The number of nitrogens with zero attached hydrogens (tertiary/aromatic N) is 1. The van der Waals surface area contributed by atoms with Gasteiger partial charge in [-0.1, -0.05) is 0 Å². The predicted octanol–water partition coefficient (Wildman–Crippen LogP) is 2.18. The predicted molar refractivity (Wildman–Crippen MR) is 103 cm³/mol. The number of hydrogen-bond acceptors (Lipinski definition) is 8. The molecule has 1 aliphatic heterocycles. The quantitative estimate of drug-likeness (QED) is 0.415. The summed E-state index contributed by atoms with van der Waals surface area (Å²) >= 11 is 0. The minimum atomic E-state index is -0.653. The fourth-order valence-electron chi connectivity index (χ4n) is 2.87. The fourth-order valence-corrected chi connectivity index (χ4v) is 2.87. The van der Waals surface area contributed by atoms with Gasteiger partial charge >= 0.3 is 12.0 Å². The van der Waals surface area contributed by atoms with E-state index >= 15 is 0 Å². The molecule has 3 rings (SSSR count). The van der Waals surface area contributed by atoms with Crippen molar-refractivity contribution in [2.24, 2.45) is 0 Å². The van der Waals surface area contributed by atoms with Crippen molar-refractivity contribution < 1.29 is 37.7 Å². The van der Waals surface area contributed by atoms with E-state index in [1.54, 1.807) is 12.1 Å². The van der Waals surface area contributed by atoms with Gasteiger partial charge in [-0.25, -0.2) is 9.59 Å². The molecular weight excluding hydrogens is 396 g/mol. The Morgan fingerprint density at radius 1 is 1.03 bits per heavy atom. The van der Waals surface area contributed by atoms with Crippen LogP contribution in [0.3, 0.4) is 0 Å². The van der Waals surface area contributed by atoms with Crippen molar-refractivity contribution >= 4 is 24.0 Å². The molecule has 2 aromatic rings. The van der Waals surface area contributed by atoms with E-state index in [2.05, 4.69) is 10.1 Å². The molecule has 10 heteroatoms. The Bertz CT molecular complexity index is 1020. The van der Waals surface area contributed by atoms with Crippen LogP contribution in [0, 0.1) is 0 Å². The van der Waals surface area contributed by atoms with Gasteiger partial charge in [0.15, 0.2) is 11.5 Å². The first-order valence-electron chi connectivity index (χ1n) is 8.73. The molecule has 158 valence electrons. The highest BCUT2D eigenvalue weighted by Crippen LogP contribution is 2.36. The average molecular weight is 416 g/mol. The summed E-state index contributed by atoms with van der Waals surface area (Å²) in [6.07, 6.45) is 1.48. The van der Waals surface area contributed by atoms with E-state index in [0.717, 1.165) is 4.90 Å². The molecule has 1 aromatic heterocycles. The third-order valence-electron chi connectivity index (χ3n) is 4.36. The SMILES string of the molecule is COC(=O)c1ccc(CN2C(=O)NC(=Cc3cc(OC)c(OC)cc3OC)C2=O)o1. The number of carbonyl (C=O) groups is 3. The van der Waals surface area contributed by atoms with Gasteiger partial charge in [0.25, 0.3) is 5.91 Å². The number of urea groups is 1. The van der Waals surface area contributed by atoms with Crippen molar-refractivity contribution in [1.29, 1.82) is 0 Å². The number of carbonyl (C=O) groups excluding carboxylic acids is 3. The molecule has 30 heavy (non-hydrogen) atoms. The van der Waals surface area contributed by atoms with Gasteiger partial charge in [-0.15, -0.1) is 0 Å². The van der Waals surface area contributed by atoms with Crippen LogP contribution in [0.15, 0.2) is 34.4 Å². The monoisotopic (exact) mass is 416 g/mol. The van der Waals surface area contributed by atoms with E-state index in [9.17, 15) is 14.4 Å². The summed E-state index contributed by atoms with van der Waals surface area (Å²) in [7, 11) is 5.67. The molecule has 0 unspecified atom stereocenters. The molecule has 1 aliphatic rings. The molecule has 10 nitrogen and oxygen atoms in total. The number of hydrogen-bond donors (Lipinski definition) is 1. The van der Waals surface area contributed by atoms with Crippen molar-refractivity contribution in [2.75, 3.05) is 28.4 Å². The summed E-state index contributed by atoms with van der Waals surface area (Å²) in [5.74, 6) is 0.333. The van der Waals surface area contributed by atoms with Crippen molar-refractivity contribution in [2.45, 2.75) is 6.54 Å². The van der Waals surface area contributed by atoms with Gasteiger partial charge in [-0.3, -0.25) is 9.69 Å². The van der Waals surface area contributed by atoms with Crippen molar-refractivity contribution in [3.63, 3.8) is 0 Å². The second-order valence-corrected chi connectivity index (χ2v) is 6.09. The maximum atomic E-state index is 12.7. The Morgan fingerprint density at radius 2 is 1.70 bits per heavy atom. The van der Waals surface area contributed by atoms with Crippen LogP contribution in [0.25, 0.3) is 6.08 Å². The van der Waals surface area contributed by atoms with E-state index in [0.29, 0.717) is 22.8 Å². The van der Waals surface area contributed by atoms with Crippen LogP contribution in [0.5, 0.6) is 17.2 Å². The molecule has 0 atom stereocenters. The zero-order valence-electron chi connectivity index (χ0n) is 16.8. The van der Waals surface area contributed by atoms with Crippen LogP contribution < -0.4 is 19.5 Å². The number of amides is 3. The van der Waals surface area contributed by atoms with Crippen LogP contribution in [-0.2, 0) is 16.1 Å². The first-order valence-corrected chi connectivity index (χ1v) is 8.73. The standard InChI is InChI=1S/C20H20N2O8/c1-26-15-9-17(28-3)16(27-2)8-11(15)7-13-18(23)22(20(25)21-13)10-12-5-6-14(30-12)19(24)29-4/h5-9H,10H2,1-4H3,(H,21,25). The van der Waals surface area contributed by atoms with Gasteiger partial charge < -0.3 is 28.7 Å². The first-order chi connectivity index (χ1) is 14.4. The molecule has 0 spiro atoms. The number of benzene rings is 1. The minimum absolute atomic E-state index is 0.0228. The van der Waals surface area contributed by atoms with E-state index in [1.165, 1.54) is 46.6 Å². The van der Waals surface area contributed by atoms with E-state index in [-0.39, 0.29) is 23.8 Å². The van der Waals surface area contributed by atoms with E-state index in [1.807, 2.05) is 0 Å². The Hall–Kier alpha value is -3.95. The van der Waals surface area contributed by atoms with Crippen LogP contribution >= 0.6 is 0 Å². The first kappa shape index (κ1) is 20.8. The topological polar surface area (TPSA) is 117 Å². The second-order valence-electron chi connectivity index (χ2n) is 6.09. The van der Waals surface area contributed by atoms with Crippen molar-refractivity contribution in [3.05, 3.63) is 47.0 Å². The van der Waals surface area contributed by atoms with Gasteiger partial charge in [-0.05, 0) is 24.3 Å². The van der Waals surface area contributed by atoms with E-state index in [4.69, 9.17) is 18.6 Å². The minimum Gasteiger partial charge on any atom is -0.496 e. The number of esters is 1. The largest absolute Gasteiger partial charge is 0.496 e. The summed E-state index contributed by atoms with van der Waals surface area (Å²) in [5.41, 5.74) is 0.553. The van der Waals surface area contributed by atoms with E-state index < -0.39 is 17.9 Å². The number of rotatable bonds is 7. The summed E-state index contributed by atoms with van der Waals surface area (Å²) in [4.78, 5) is 37.5. The molecule has 0 bridgehead atoms. The fraction of sp³-hybridized carbons (Fsp3) is 0.250. The molecule has 1 fully saturated rings. The number of ether oxygens (including phenoxy) is 4. The van der Waals surface area contributed by atoms with Crippen LogP contribution in [0.1, 0.15) is 21.9 Å². The van der Waals surface area contributed by atoms with Crippen LogP contribution in [0.4, 0.5) is 4.79 Å². The van der Waals surface area contributed by atoms with Crippen molar-refractivity contribution in [1.82, 2.24) is 10.2 Å². The summed E-state index contributed by atoms with van der Waals surface area (Å²) in [5, 5.41) is 2.52. The Balaban J connectivity index is 1.86. The Labute approximate surface area is 171 Å². The molecule has 1 saturated heterocycles. The lowest BCUT2D eigenvalue weighted by molar-refractivity contribution is -0.123.